The molecule has 0 spiro atoms. The summed E-state index contributed by atoms with van der Waals surface area (Å²) < 4.78 is 32.3. The number of nitrogens with zero attached hydrogens (tertiary/aromatic N) is 1. The third-order valence-corrected chi connectivity index (χ3v) is 6.10. The molecular formula is C12H16BrClN2O3S. The maximum atomic E-state index is 12.5. The third-order valence-electron chi connectivity index (χ3n) is 3.06. The van der Waals surface area contributed by atoms with E-state index in [9.17, 15) is 8.42 Å². The Hall–Kier alpha value is -0.180. The average molecular weight is 384 g/mol. The molecule has 0 amide bonds. The van der Waals surface area contributed by atoms with Gasteiger partial charge in [-0.1, -0.05) is 11.6 Å². The van der Waals surface area contributed by atoms with Gasteiger partial charge in [-0.3, -0.25) is 0 Å². The second kappa shape index (κ2) is 6.72. The number of sulfonamides is 1. The molecule has 112 valence electrons. The summed E-state index contributed by atoms with van der Waals surface area (Å²) in [4.78, 5) is 0.208. The van der Waals surface area contributed by atoms with Crippen LogP contribution in [0.1, 0.15) is 0 Å². The van der Waals surface area contributed by atoms with Crippen LogP contribution >= 0.6 is 27.5 Å². The largest absolute Gasteiger partial charge is 0.374 e. The minimum Gasteiger partial charge on any atom is -0.374 e. The summed E-state index contributed by atoms with van der Waals surface area (Å²) in [5, 5.41) is 3.65. The SMILES string of the molecule is CN(CC1CNCCO1)S(=O)(=O)c1ccc(Cl)c(Br)c1. The summed E-state index contributed by atoms with van der Waals surface area (Å²) >= 11 is 9.12. The van der Waals surface area contributed by atoms with Gasteiger partial charge in [-0.15, -0.1) is 0 Å². The van der Waals surface area contributed by atoms with Crippen molar-refractivity contribution in [1.82, 2.24) is 9.62 Å². The van der Waals surface area contributed by atoms with Crippen LogP contribution < -0.4 is 5.32 Å². The molecule has 8 heteroatoms. The van der Waals surface area contributed by atoms with Crippen molar-refractivity contribution in [1.29, 1.82) is 0 Å². The highest BCUT2D eigenvalue weighted by Crippen LogP contribution is 2.26. The van der Waals surface area contributed by atoms with Gasteiger partial charge in [0.05, 0.1) is 22.6 Å². The number of rotatable bonds is 4. The van der Waals surface area contributed by atoms with E-state index in [0.717, 1.165) is 6.54 Å². The van der Waals surface area contributed by atoms with Gasteiger partial charge in [0.2, 0.25) is 10.0 Å². The van der Waals surface area contributed by atoms with Crippen molar-refractivity contribution in [2.45, 2.75) is 11.0 Å². The monoisotopic (exact) mass is 382 g/mol. The van der Waals surface area contributed by atoms with Gasteiger partial charge >= 0.3 is 0 Å². The minimum atomic E-state index is -3.54. The maximum absolute atomic E-state index is 12.5. The Morgan fingerprint density at radius 1 is 1.55 bits per heavy atom. The fourth-order valence-corrected chi connectivity index (χ4v) is 3.82. The predicted molar refractivity (Wildman–Crippen MR) is 81.6 cm³/mol. The molecule has 5 nitrogen and oxygen atoms in total. The van der Waals surface area contributed by atoms with Gasteiger partial charge < -0.3 is 10.1 Å². The zero-order valence-electron chi connectivity index (χ0n) is 11.0. The van der Waals surface area contributed by atoms with Gasteiger partial charge in [0, 0.05) is 31.2 Å². The van der Waals surface area contributed by atoms with E-state index in [4.69, 9.17) is 16.3 Å². The second-order valence-electron chi connectivity index (χ2n) is 4.56. The Bertz CT molecular complexity index is 576. The Kier molecular flexibility index (Phi) is 5.44. The van der Waals surface area contributed by atoms with Gasteiger partial charge in [-0.25, -0.2) is 8.42 Å². The van der Waals surface area contributed by atoms with Gasteiger partial charge in [-0.05, 0) is 34.1 Å². The van der Waals surface area contributed by atoms with Crippen LogP contribution in [0.4, 0.5) is 0 Å². The lowest BCUT2D eigenvalue weighted by Crippen LogP contribution is -2.45. The van der Waals surface area contributed by atoms with E-state index >= 15 is 0 Å². The molecule has 0 aliphatic carbocycles. The molecule has 1 saturated heterocycles. The number of halogens is 2. The zero-order chi connectivity index (χ0) is 14.8. The Morgan fingerprint density at radius 2 is 2.30 bits per heavy atom. The first kappa shape index (κ1) is 16.2. The number of likely N-dealkylation sites (N-methyl/N-ethyl adjacent to an activating group) is 1. The molecule has 2 rings (SSSR count). The van der Waals surface area contributed by atoms with Gasteiger partial charge in [0.15, 0.2) is 0 Å². The normalized spacial score (nSPS) is 20.3. The molecule has 1 aromatic carbocycles. The topological polar surface area (TPSA) is 58.6 Å². The van der Waals surface area contributed by atoms with Gasteiger partial charge in [0.25, 0.3) is 0 Å². The highest BCUT2D eigenvalue weighted by Gasteiger charge is 2.25. The Balaban J connectivity index is 2.13. The summed E-state index contributed by atoms with van der Waals surface area (Å²) in [6.07, 6.45) is -0.126. The van der Waals surface area contributed by atoms with E-state index in [2.05, 4.69) is 21.2 Å². The minimum absolute atomic E-state index is 0.126. The molecule has 0 aromatic heterocycles. The number of morpholine rings is 1. The lowest BCUT2D eigenvalue weighted by Gasteiger charge is -2.27. The standard InChI is InChI=1S/C12H16BrClN2O3S/c1-16(8-9-7-15-4-5-19-9)20(17,18)10-2-3-12(14)11(13)6-10/h2-3,6,9,15H,4-5,7-8H2,1H3. The highest BCUT2D eigenvalue weighted by atomic mass is 79.9. The molecule has 0 radical (unpaired) electrons. The Morgan fingerprint density at radius 3 is 2.90 bits per heavy atom. The predicted octanol–water partition coefficient (Wildman–Crippen LogP) is 1.71. The van der Waals surface area contributed by atoms with Crippen molar-refractivity contribution >= 4 is 37.6 Å². The molecule has 0 saturated carbocycles. The molecule has 1 atom stereocenters. The first-order valence-corrected chi connectivity index (χ1v) is 8.76. The summed E-state index contributed by atoms with van der Waals surface area (Å²) in [6.45, 7) is 2.38. The van der Waals surface area contributed by atoms with Crippen LogP contribution in [-0.2, 0) is 14.8 Å². The van der Waals surface area contributed by atoms with Crippen LogP contribution in [0.15, 0.2) is 27.6 Å². The smallest absolute Gasteiger partial charge is 0.242 e. The highest BCUT2D eigenvalue weighted by molar-refractivity contribution is 9.10. The van der Waals surface area contributed by atoms with Crippen LogP contribution in [0, 0.1) is 0 Å². The van der Waals surface area contributed by atoms with Gasteiger partial charge in [0.1, 0.15) is 0 Å². The van der Waals surface area contributed by atoms with E-state index in [1.165, 1.54) is 16.4 Å². The zero-order valence-corrected chi connectivity index (χ0v) is 14.1. The number of ether oxygens (including phenoxy) is 1. The van der Waals surface area contributed by atoms with Crippen LogP contribution in [0.3, 0.4) is 0 Å². The van der Waals surface area contributed by atoms with E-state index in [0.29, 0.717) is 29.2 Å². The Labute approximate surface area is 132 Å². The summed E-state index contributed by atoms with van der Waals surface area (Å²) in [6, 6.07) is 4.57. The molecule has 0 bridgehead atoms. The molecule has 1 fully saturated rings. The van der Waals surface area contributed by atoms with Crippen molar-refractivity contribution < 1.29 is 13.2 Å². The summed E-state index contributed by atoms with van der Waals surface area (Å²) in [5.74, 6) is 0. The van der Waals surface area contributed by atoms with Crippen LogP contribution in [-0.4, -0.2) is 52.1 Å². The van der Waals surface area contributed by atoms with Crippen molar-refractivity contribution in [3.63, 3.8) is 0 Å². The molecule has 1 aromatic rings. The van der Waals surface area contributed by atoms with Crippen molar-refractivity contribution in [2.24, 2.45) is 0 Å². The summed E-state index contributed by atoms with van der Waals surface area (Å²) in [7, 11) is -1.99. The number of nitrogens with one attached hydrogen (secondary N) is 1. The lowest BCUT2D eigenvalue weighted by molar-refractivity contribution is 0.0206. The average Bonchev–Trinajstić information content (AvgIpc) is 2.42. The molecule has 1 aliphatic rings. The van der Waals surface area contributed by atoms with E-state index < -0.39 is 10.0 Å². The van der Waals surface area contributed by atoms with E-state index in [1.54, 1.807) is 13.1 Å². The summed E-state index contributed by atoms with van der Waals surface area (Å²) in [5.41, 5.74) is 0. The maximum Gasteiger partial charge on any atom is 0.242 e. The van der Waals surface area contributed by atoms with Crippen LogP contribution in [0.25, 0.3) is 0 Å². The first-order chi connectivity index (χ1) is 9.41. The third kappa shape index (κ3) is 3.72. The quantitative estimate of drug-likeness (QED) is 0.860. The molecule has 20 heavy (non-hydrogen) atoms. The fraction of sp³-hybridized carbons (Fsp3) is 0.500. The van der Waals surface area contributed by atoms with Crippen LogP contribution in [0.5, 0.6) is 0 Å². The lowest BCUT2D eigenvalue weighted by atomic mass is 10.3. The second-order valence-corrected chi connectivity index (χ2v) is 7.86. The van der Waals surface area contributed by atoms with E-state index in [1.807, 2.05) is 0 Å². The number of benzene rings is 1. The van der Waals surface area contributed by atoms with Crippen LogP contribution in [0.2, 0.25) is 5.02 Å². The van der Waals surface area contributed by atoms with E-state index in [-0.39, 0.29) is 11.0 Å². The van der Waals surface area contributed by atoms with Crippen molar-refractivity contribution in [3.05, 3.63) is 27.7 Å². The first-order valence-electron chi connectivity index (χ1n) is 6.15. The molecule has 1 aliphatic heterocycles. The number of hydrogen-bond donors (Lipinski definition) is 1. The van der Waals surface area contributed by atoms with Gasteiger partial charge in [-0.2, -0.15) is 4.31 Å². The van der Waals surface area contributed by atoms with Crippen molar-refractivity contribution in [2.75, 3.05) is 33.3 Å². The molecule has 1 unspecified atom stereocenters. The number of hydrogen-bond acceptors (Lipinski definition) is 4. The molecule has 1 N–H and O–H groups in total. The van der Waals surface area contributed by atoms with Crippen molar-refractivity contribution in [3.8, 4) is 0 Å². The molecule has 1 heterocycles. The molecular weight excluding hydrogens is 368 g/mol. The fourth-order valence-electron chi connectivity index (χ4n) is 1.94.